The second kappa shape index (κ2) is 6.80. The Morgan fingerprint density at radius 2 is 1.72 bits per heavy atom. The van der Waals surface area contributed by atoms with Crippen LogP contribution in [0, 0.1) is 5.92 Å². The van der Waals surface area contributed by atoms with Gasteiger partial charge in [-0.1, -0.05) is 13.8 Å². The molecular weight excluding hydrogens is 260 g/mol. The molecule has 6 nitrogen and oxygen atoms in total. The van der Waals surface area contributed by atoms with Crippen molar-refractivity contribution in [3.8, 4) is 0 Å². The van der Waals surface area contributed by atoms with Gasteiger partial charge in [-0.15, -0.1) is 0 Å². The van der Waals surface area contributed by atoms with Crippen molar-refractivity contribution < 1.29 is 18.6 Å². The SMILES string of the molecule is CC(C)C(OC(=O)N1CCN(C)CC1)C(=O)OCl. The molecule has 1 aliphatic heterocycles. The molecule has 18 heavy (non-hydrogen) atoms. The molecular formula is C11H19ClN2O4. The lowest BCUT2D eigenvalue weighted by atomic mass is 10.1. The lowest BCUT2D eigenvalue weighted by molar-refractivity contribution is -0.146. The van der Waals surface area contributed by atoms with Gasteiger partial charge in [0.1, 0.15) is 11.9 Å². The fourth-order valence-corrected chi connectivity index (χ4v) is 1.76. The molecule has 0 bridgehead atoms. The number of carbonyl (C=O) groups excluding carboxylic acids is 2. The van der Waals surface area contributed by atoms with Gasteiger partial charge < -0.3 is 18.8 Å². The van der Waals surface area contributed by atoms with Gasteiger partial charge in [-0.3, -0.25) is 0 Å². The third-order valence-corrected chi connectivity index (χ3v) is 3.06. The van der Waals surface area contributed by atoms with Crippen LogP contribution in [0.4, 0.5) is 4.79 Å². The maximum absolute atomic E-state index is 11.9. The number of halogens is 1. The number of ether oxygens (including phenoxy) is 1. The van der Waals surface area contributed by atoms with Crippen LogP contribution in [0.25, 0.3) is 0 Å². The molecule has 0 aromatic carbocycles. The molecule has 0 aromatic heterocycles. The highest BCUT2D eigenvalue weighted by atomic mass is 35.5. The molecule has 7 heteroatoms. The highest BCUT2D eigenvalue weighted by Gasteiger charge is 2.31. The van der Waals surface area contributed by atoms with E-state index in [1.165, 1.54) is 0 Å². The molecule has 0 N–H and O–H groups in total. The van der Waals surface area contributed by atoms with Crippen LogP contribution in [-0.2, 0) is 13.8 Å². The molecule has 1 rings (SSSR count). The zero-order valence-electron chi connectivity index (χ0n) is 10.9. The number of nitrogens with zero attached hydrogens (tertiary/aromatic N) is 2. The van der Waals surface area contributed by atoms with Crippen LogP contribution in [0.15, 0.2) is 0 Å². The topological polar surface area (TPSA) is 59.1 Å². The van der Waals surface area contributed by atoms with Crippen molar-refractivity contribution in [2.45, 2.75) is 20.0 Å². The third kappa shape index (κ3) is 4.03. The fourth-order valence-electron chi connectivity index (χ4n) is 1.67. The maximum atomic E-state index is 11.9. The Morgan fingerprint density at radius 1 is 1.17 bits per heavy atom. The van der Waals surface area contributed by atoms with E-state index in [0.717, 1.165) is 13.1 Å². The first-order valence-electron chi connectivity index (χ1n) is 5.92. The van der Waals surface area contributed by atoms with Crippen LogP contribution in [0.5, 0.6) is 0 Å². The summed E-state index contributed by atoms with van der Waals surface area (Å²) in [5.41, 5.74) is 0. The van der Waals surface area contributed by atoms with Crippen molar-refractivity contribution in [1.29, 1.82) is 0 Å². The van der Waals surface area contributed by atoms with Gasteiger partial charge in [-0.25, -0.2) is 9.59 Å². The summed E-state index contributed by atoms with van der Waals surface area (Å²) in [4.78, 5) is 26.9. The van der Waals surface area contributed by atoms with Crippen molar-refractivity contribution in [1.82, 2.24) is 9.80 Å². The first-order chi connectivity index (χ1) is 8.45. The lowest BCUT2D eigenvalue weighted by Crippen LogP contribution is -2.49. The number of amides is 1. The van der Waals surface area contributed by atoms with E-state index in [1.54, 1.807) is 18.7 Å². The van der Waals surface area contributed by atoms with Gasteiger partial charge in [-0.2, -0.15) is 0 Å². The van der Waals surface area contributed by atoms with E-state index in [4.69, 9.17) is 16.6 Å². The van der Waals surface area contributed by atoms with E-state index in [-0.39, 0.29) is 5.92 Å². The smallest absolute Gasteiger partial charge is 0.410 e. The van der Waals surface area contributed by atoms with Crippen molar-refractivity contribution >= 4 is 23.9 Å². The van der Waals surface area contributed by atoms with E-state index in [0.29, 0.717) is 13.1 Å². The molecule has 1 fully saturated rings. The molecule has 104 valence electrons. The monoisotopic (exact) mass is 278 g/mol. The standard InChI is InChI=1S/C11H19ClN2O4/c1-8(2)9(10(15)18-12)17-11(16)14-6-4-13(3)5-7-14/h8-9H,4-7H2,1-3H3. The lowest BCUT2D eigenvalue weighted by Gasteiger charge is -2.32. The van der Waals surface area contributed by atoms with E-state index in [2.05, 4.69) is 9.19 Å². The van der Waals surface area contributed by atoms with Crippen molar-refractivity contribution in [2.24, 2.45) is 5.92 Å². The zero-order chi connectivity index (χ0) is 13.7. The molecule has 1 saturated heterocycles. The Labute approximate surface area is 112 Å². The Hall–Kier alpha value is -1.01. The predicted octanol–water partition coefficient (Wildman–Crippen LogP) is 1.09. The fraction of sp³-hybridized carbons (Fsp3) is 0.818. The minimum Gasteiger partial charge on any atom is -0.434 e. The zero-order valence-corrected chi connectivity index (χ0v) is 11.6. The molecule has 0 aromatic rings. The van der Waals surface area contributed by atoms with Crippen LogP contribution in [0.1, 0.15) is 13.8 Å². The first-order valence-corrected chi connectivity index (χ1v) is 6.23. The minimum atomic E-state index is -0.963. The average Bonchev–Trinajstić information content (AvgIpc) is 2.35. The molecule has 0 saturated carbocycles. The Morgan fingerprint density at radius 3 is 2.17 bits per heavy atom. The Bertz CT molecular complexity index is 303. The third-order valence-electron chi connectivity index (χ3n) is 2.90. The second-order valence-electron chi connectivity index (χ2n) is 4.73. The predicted molar refractivity (Wildman–Crippen MR) is 66.1 cm³/mol. The summed E-state index contributed by atoms with van der Waals surface area (Å²) in [5.74, 6) is -0.929. The number of hydrogen-bond acceptors (Lipinski definition) is 5. The number of piperazine rings is 1. The molecule has 0 radical (unpaired) electrons. The number of carbonyl (C=O) groups is 2. The van der Waals surface area contributed by atoms with Crippen LogP contribution < -0.4 is 0 Å². The molecule has 1 unspecified atom stereocenters. The molecule has 1 heterocycles. The van der Waals surface area contributed by atoms with E-state index >= 15 is 0 Å². The van der Waals surface area contributed by atoms with Crippen LogP contribution in [0.3, 0.4) is 0 Å². The van der Waals surface area contributed by atoms with Gasteiger partial charge in [0.15, 0.2) is 0 Å². The van der Waals surface area contributed by atoms with Crippen molar-refractivity contribution in [2.75, 3.05) is 33.2 Å². The largest absolute Gasteiger partial charge is 0.434 e. The van der Waals surface area contributed by atoms with Crippen LogP contribution in [-0.4, -0.2) is 61.2 Å². The summed E-state index contributed by atoms with van der Waals surface area (Å²) in [6, 6.07) is 0. The highest BCUT2D eigenvalue weighted by Crippen LogP contribution is 2.12. The van der Waals surface area contributed by atoms with E-state index in [1.807, 2.05) is 7.05 Å². The molecule has 1 atom stereocenters. The number of hydrogen-bond donors (Lipinski definition) is 0. The molecule has 1 amide bonds. The average molecular weight is 279 g/mol. The quantitative estimate of drug-likeness (QED) is 0.773. The van der Waals surface area contributed by atoms with E-state index < -0.39 is 18.2 Å². The van der Waals surface area contributed by atoms with Gasteiger partial charge in [0.2, 0.25) is 6.10 Å². The number of likely N-dealkylation sites (N-methyl/N-ethyl adjacent to an activating group) is 1. The Kier molecular flexibility index (Phi) is 5.68. The van der Waals surface area contributed by atoms with E-state index in [9.17, 15) is 9.59 Å². The maximum Gasteiger partial charge on any atom is 0.410 e. The summed E-state index contributed by atoms with van der Waals surface area (Å²) in [5, 5.41) is 0. The summed E-state index contributed by atoms with van der Waals surface area (Å²) in [6.45, 7) is 6.29. The normalized spacial score (nSPS) is 18.6. The van der Waals surface area contributed by atoms with Crippen LogP contribution in [0.2, 0.25) is 0 Å². The van der Waals surface area contributed by atoms with Crippen molar-refractivity contribution in [3.05, 3.63) is 0 Å². The second-order valence-corrected chi connectivity index (χ2v) is 4.89. The summed E-state index contributed by atoms with van der Waals surface area (Å²) < 4.78 is 9.26. The summed E-state index contributed by atoms with van der Waals surface area (Å²) in [6.07, 6.45) is -1.46. The number of rotatable bonds is 3. The molecule has 0 aliphatic carbocycles. The van der Waals surface area contributed by atoms with Gasteiger partial charge in [0.25, 0.3) is 0 Å². The van der Waals surface area contributed by atoms with Gasteiger partial charge in [-0.05, 0) is 7.05 Å². The molecule has 0 spiro atoms. The summed E-state index contributed by atoms with van der Waals surface area (Å²) in [7, 11) is 1.99. The van der Waals surface area contributed by atoms with Gasteiger partial charge in [0.05, 0.1) is 0 Å². The van der Waals surface area contributed by atoms with Crippen molar-refractivity contribution in [3.63, 3.8) is 0 Å². The molecule has 1 aliphatic rings. The summed E-state index contributed by atoms with van der Waals surface area (Å²) >= 11 is 5.02. The first kappa shape index (κ1) is 15.0. The van der Waals surface area contributed by atoms with Crippen LogP contribution >= 0.6 is 11.9 Å². The highest BCUT2D eigenvalue weighted by molar-refractivity contribution is 6.13. The minimum absolute atomic E-state index is 0.187. The van der Waals surface area contributed by atoms with Gasteiger partial charge >= 0.3 is 12.1 Å². The Balaban J connectivity index is 2.53. The van der Waals surface area contributed by atoms with Gasteiger partial charge in [0, 0.05) is 32.1 Å².